The van der Waals surface area contributed by atoms with Crippen molar-refractivity contribution < 1.29 is 24.3 Å². The number of hydrogen-bond acceptors (Lipinski definition) is 2. The molecular formula is C9H19O5P. The molecule has 0 saturated heterocycles. The van der Waals surface area contributed by atoms with Crippen molar-refractivity contribution in [3.05, 3.63) is 0 Å². The first-order valence-corrected chi connectivity index (χ1v) is 6.94. The van der Waals surface area contributed by atoms with Gasteiger partial charge in [-0.25, -0.2) is 0 Å². The van der Waals surface area contributed by atoms with Crippen LogP contribution in [0.1, 0.15) is 39.0 Å². The molecule has 0 aliphatic rings. The summed E-state index contributed by atoms with van der Waals surface area (Å²) >= 11 is 0. The molecule has 0 radical (unpaired) electrons. The quantitative estimate of drug-likeness (QED) is 0.443. The van der Waals surface area contributed by atoms with Gasteiger partial charge in [0.25, 0.3) is 0 Å². The van der Waals surface area contributed by atoms with E-state index in [4.69, 9.17) is 14.9 Å². The third kappa shape index (κ3) is 8.60. The number of rotatable bonds is 8. The van der Waals surface area contributed by atoms with Gasteiger partial charge in [-0.1, -0.05) is 32.6 Å². The Morgan fingerprint density at radius 1 is 1.27 bits per heavy atom. The molecular weight excluding hydrogens is 219 g/mol. The van der Waals surface area contributed by atoms with Crippen molar-refractivity contribution in [3.8, 4) is 0 Å². The number of hydrogen-bond donors (Lipinski definition) is 3. The minimum absolute atomic E-state index is 0.348. The third-order valence-electron chi connectivity index (χ3n) is 2.21. The molecule has 0 aromatic rings. The van der Waals surface area contributed by atoms with Crippen LogP contribution in [0.4, 0.5) is 0 Å². The van der Waals surface area contributed by atoms with E-state index in [9.17, 15) is 9.36 Å². The second kappa shape index (κ2) is 6.99. The summed E-state index contributed by atoms with van der Waals surface area (Å²) in [5.74, 6) is -2.03. The van der Waals surface area contributed by atoms with Crippen molar-refractivity contribution in [2.75, 3.05) is 6.16 Å². The van der Waals surface area contributed by atoms with Gasteiger partial charge in [-0.3, -0.25) is 9.36 Å². The van der Waals surface area contributed by atoms with Crippen LogP contribution in [0, 0.1) is 5.92 Å². The summed E-state index contributed by atoms with van der Waals surface area (Å²) in [6.07, 6.45) is 3.51. The fourth-order valence-corrected chi connectivity index (χ4v) is 2.31. The third-order valence-corrected chi connectivity index (χ3v) is 3.13. The van der Waals surface area contributed by atoms with Crippen molar-refractivity contribution in [1.29, 1.82) is 0 Å². The Morgan fingerprint density at radius 2 is 1.87 bits per heavy atom. The van der Waals surface area contributed by atoms with Gasteiger partial charge in [0, 0.05) is 0 Å². The van der Waals surface area contributed by atoms with Crippen LogP contribution in [-0.2, 0) is 9.36 Å². The molecule has 0 rings (SSSR count). The average Bonchev–Trinajstić information content (AvgIpc) is 2.08. The monoisotopic (exact) mass is 238 g/mol. The largest absolute Gasteiger partial charge is 0.481 e. The van der Waals surface area contributed by atoms with Gasteiger partial charge in [-0.2, -0.15) is 0 Å². The highest BCUT2D eigenvalue weighted by molar-refractivity contribution is 7.51. The highest BCUT2D eigenvalue weighted by Gasteiger charge is 2.26. The van der Waals surface area contributed by atoms with E-state index in [0.29, 0.717) is 12.8 Å². The zero-order valence-electron chi connectivity index (χ0n) is 8.93. The number of carboxylic acid groups (broad SMARTS) is 1. The van der Waals surface area contributed by atoms with Gasteiger partial charge in [0.05, 0.1) is 12.1 Å². The van der Waals surface area contributed by atoms with Crippen LogP contribution in [0.2, 0.25) is 0 Å². The van der Waals surface area contributed by atoms with E-state index in [1.807, 2.05) is 6.92 Å². The molecule has 0 fully saturated rings. The summed E-state index contributed by atoms with van der Waals surface area (Å²) in [5.41, 5.74) is 0. The van der Waals surface area contributed by atoms with Gasteiger partial charge in [0.2, 0.25) is 0 Å². The molecule has 0 heterocycles. The maximum Gasteiger partial charge on any atom is 0.326 e. The lowest BCUT2D eigenvalue weighted by Crippen LogP contribution is -2.18. The summed E-state index contributed by atoms with van der Waals surface area (Å²) < 4.78 is 10.7. The normalized spacial score (nSPS) is 13.8. The average molecular weight is 238 g/mol. The van der Waals surface area contributed by atoms with Gasteiger partial charge < -0.3 is 14.9 Å². The fraction of sp³-hybridized carbons (Fsp3) is 0.889. The van der Waals surface area contributed by atoms with E-state index in [1.54, 1.807) is 0 Å². The molecule has 0 aliphatic carbocycles. The van der Waals surface area contributed by atoms with Crippen molar-refractivity contribution in [3.63, 3.8) is 0 Å². The van der Waals surface area contributed by atoms with Gasteiger partial charge in [-0.05, 0) is 6.42 Å². The molecule has 15 heavy (non-hydrogen) atoms. The van der Waals surface area contributed by atoms with Crippen molar-refractivity contribution in [2.45, 2.75) is 39.0 Å². The molecule has 0 bridgehead atoms. The van der Waals surface area contributed by atoms with E-state index in [2.05, 4.69) is 0 Å². The highest BCUT2D eigenvalue weighted by Crippen LogP contribution is 2.38. The van der Waals surface area contributed by atoms with E-state index in [0.717, 1.165) is 19.3 Å². The van der Waals surface area contributed by atoms with Crippen LogP contribution in [0.15, 0.2) is 0 Å². The first-order chi connectivity index (χ1) is 6.87. The molecule has 0 amide bonds. The maximum atomic E-state index is 10.7. The van der Waals surface area contributed by atoms with E-state index in [1.165, 1.54) is 0 Å². The molecule has 1 unspecified atom stereocenters. The molecule has 0 aliphatic heterocycles. The number of unbranched alkanes of at least 4 members (excludes halogenated alkanes) is 3. The highest BCUT2D eigenvalue weighted by atomic mass is 31.2. The molecule has 0 aromatic carbocycles. The van der Waals surface area contributed by atoms with Crippen LogP contribution in [0.5, 0.6) is 0 Å². The Kier molecular flexibility index (Phi) is 6.81. The Morgan fingerprint density at radius 3 is 2.27 bits per heavy atom. The first kappa shape index (κ1) is 14.6. The number of carboxylic acids is 1. The second-order valence-electron chi connectivity index (χ2n) is 3.73. The fourth-order valence-electron chi connectivity index (χ4n) is 1.40. The topological polar surface area (TPSA) is 94.8 Å². The zero-order valence-corrected chi connectivity index (χ0v) is 9.82. The molecule has 0 spiro atoms. The second-order valence-corrected chi connectivity index (χ2v) is 5.43. The van der Waals surface area contributed by atoms with Crippen LogP contribution < -0.4 is 0 Å². The minimum Gasteiger partial charge on any atom is -0.481 e. The molecule has 0 aromatic heterocycles. The van der Waals surface area contributed by atoms with E-state index in [-0.39, 0.29) is 0 Å². The summed E-state index contributed by atoms with van der Waals surface area (Å²) in [6, 6.07) is 0. The Balaban J connectivity index is 3.96. The predicted octanol–water partition coefficient (Wildman–Crippen LogP) is 1.84. The van der Waals surface area contributed by atoms with Crippen molar-refractivity contribution in [1.82, 2.24) is 0 Å². The lowest BCUT2D eigenvalue weighted by atomic mass is 10.0. The first-order valence-electron chi connectivity index (χ1n) is 5.14. The number of aliphatic carboxylic acids is 1. The van der Waals surface area contributed by atoms with Crippen LogP contribution >= 0.6 is 7.60 Å². The molecule has 3 N–H and O–H groups in total. The van der Waals surface area contributed by atoms with Gasteiger partial charge in [-0.15, -0.1) is 0 Å². The SMILES string of the molecule is CCCCCCC(CP(=O)(O)O)C(=O)O. The van der Waals surface area contributed by atoms with Crippen LogP contribution in [0.3, 0.4) is 0 Å². The molecule has 90 valence electrons. The molecule has 0 saturated carbocycles. The zero-order chi connectivity index (χ0) is 11.9. The van der Waals surface area contributed by atoms with Crippen molar-refractivity contribution in [2.24, 2.45) is 5.92 Å². The summed E-state index contributed by atoms with van der Waals surface area (Å²) in [7, 11) is -4.21. The van der Waals surface area contributed by atoms with E-state index < -0.39 is 25.6 Å². The smallest absolute Gasteiger partial charge is 0.326 e. The van der Waals surface area contributed by atoms with Crippen LogP contribution in [-0.4, -0.2) is 27.0 Å². The Labute approximate surface area is 89.7 Å². The van der Waals surface area contributed by atoms with Crippen LogP contribution in [0.25, 0.3) is 0 Å². The summed E-state index contributed by atoms with van der Waals surface area (Å²) in [4.78, 5) is 28.1. The summed E-state index contributed by atoms with van der Waals surface area (Å²) in [5, 5.41) is 8.75. The molecule has 5 nitrogen and oxygen atoms in total. The number of carbonyl (C=O) groups is 1. The molecule has 6 heteroatoms. The minimum atomic E-state index is -4.21. The Hall–Kier alpha value is -0.380. The lowest BCUT2D eigenvalue weighted by Gasteiger charge is -2.12. The molecule has 1 atom stereocenters. The van der Waals surface area contributed by atoms with Crippen molar-refractivity contribution >= 4 is 13.6 Å². The predicted molar refractivity (Wildman–Crippen MR) is 56.8 cm³/mol. The van der Waals surface area contributed by atoms with Gasteiger partial charge in [0.15, 0.2) is 0 Å². The maximum absolute atomic E-state index is 10.7. The van der Waals surface area contributed by atoms with Gasteiger partial charge in [0.1, 0.15) is 0 Å². The summed E-state index contributed by atoms with van der Waals surface area (Å²) in [6.45, 7) is 2.05. The standard InChI is InChI=1S/C9H19O5P/c1-2-3-4-5-6-8(9(10)11)7-15(12,13)14/h8H,2-7H2,1H3,(H,10,11)(H2,12,13,14). The lowest BCUT2D eigenvalue weighted by molar-refractivity contribution is -0.141. The Bertz CT molecular complexity index is 235. The van der Waals surface area contributed by atoms with Gasteiger partial charge >= 0.3 is 13.6 Å². The van der Waals surface area contributed by atoms with E-state index >= 15 is 0 Å².